The number of aliphatic imine (C=N–C) groups is 1. The van der Waals surface area contributed by atoms with Crippen LogP contribution in [0, 0.1) is 0 Å². The topological polar surface area (TPSA) is 70.0 Å². The fraction of sp³-hybridized carbons (Fsp3) is 0.138. The van der Waals surface area contributed by atoms with Gasteiger partial charge in [0.15, 0.2) is 0 Å². The highest BCUT2D eigenvalue weighted by Gasteiger charge is 2.27. The molecule has 0 saturated heterocycles. The van der Waals surface area contributed by atoms with Gasteiger partial charge in [-0.1, -0.05) is 61.2 Å². The number of carbonyl (C=O) groups excluding carboxylic acids is 1. The Morgan fingerprint density at radius 3 is 2.53 bits per heavy atom. The van der Waals surface area contributed by atoms with Gasteiger partial charge < -0.3 is 14.2 Å². The maximum atomic E-state index is 13.0. The second-order valence-corrected chi connectivity index (χ2v) is 8.64. The van der Waals surface area contributed by atoms with Crippen molar-refractivity contribution in [1.29, 1.82) is 0 Å². The Morgan fingerprint density at radius 2 is 1.89 bits per heavy atom. The van der Waals surface area contributed by atoms with Crippen molar-refractivity contribution in [2.45, 2.75) is 6.10 Å². The largest absolute Gasteiger partial charge is 0.497 e. The summed E-state index contributed by atoms with van der Waals surface area (Å²) < 4.78 is 17.1. The summed E-state index contributed by atoms with van der Waals surface area (Å²) in [5.41, 5.74) is 3.83. The first-order valence-corrected chi connectivity index (χ1v) is 12.2. The molecule has 0 N–H and O–H groups in total. The molecular weight excluding hydrogens is 472 g/mol. The van der Waals surface area contributed by atoms with Crippen LogP contribution < -0.4 is 9.47 Å². The zero-order valence-corrected chi connectivity index (χ0v) is 20.9. The van der Waals surface area contributed by atoms with Gasteiger partial charge in [0.25, 0.3) is 0 Å². The smallest absolute Gasteiger partial charge is 0.352 e. The molecular formula is C29H26N2O4S. The van der Waals surface area contributed by atoms with Crippen molar-refractivity contribution in [3.8, 4) is 33.3 Å². The predicted molar refractivity (Wildman–Crippen MR) is 144 cm³/mol. The lowest BCUT2D eigenvalue weighted by atomic mass is 9.99. The molecule has 0 aliphatic heterocycles. The molecule has 0 radical (unpaired) electrons. The highest BCUT2D eigenvalue weighted by Crippen LogP contribution is 2.37. The summed E-state index contributed by atoms with van der Waals surface area (Å²) in [4.78, 5) is 23.1. The van der Waals surface area contributed by atoms with Gasteiger partial charge in [0.05, 0.1) is 23.2 Å². The maximum Gasteiger partial charge on any atom is 0.352 e. The molecule has 182 valence electrons. The molecule has 4 aromatic rings. The third-order valence-corrected chi connectivity index (χ3v) is 6.24. The zero-order chi connectivity index (χ0) is 25.3. The molecule has 2 heterocycles. The lowest BCUT2D eigenvalue weighted by Gasteiger charge is -2.20. The van der Waals surface area contributed by atoms with Crippen molar-refractivity contribution in [3.05, 3.63) is 102 Å². The molecule has 2 aromatic carbocycles. The molecule has 2 aromatic heterocycles. The van der Waals surface area contributed by atoms with Gasteiger partial charge in [0.2, 0.25) is 12.0 Å². The number of hydrogen-bond acceptors (Lipinski definition) is 7. The molecule has 0 bridgehead atoms. The number of aromatic nitrogens is 1. The van der Waals surface area contributed by atoms with Gasteiger partial charge in [-0.25, -0.2) is 9.78 Å². The average Bonchev–Trinajstić information content (AvgIpc) is 3.47. The lowest BCUT2D eigenvalue weighted by molar-refractivity contribution is -0.151. The van der Waals surface area contributed by atoms with E-state index in [2.05, 4.69) is 11.6 Å². The Kier molecular flexibility index (Phi) is 8.26. The minimum absolute atomic E-state index is 0.0779. The number of pyridine rings is 1. The van der Waals surface area contributed by atoms with Crippen LogP contribution in [0.2, 0.25) is 0 Å². The van der Waals surface area contributed by atoms with Crippen molar-refractivity contribution in [2.24, 2.45) is 4.99 Å². The van der Waals surface area contributed by atoms with Gasteiger partial charge in [-0.15, -0.1) is 11.3 Å². The quantitative estimate of drug-likeness (QED) is 0.144. The molecule has 0 amide bonds. The van der Waals surface area contributed by atoms with Gasteiger partial charge in [-0.3, -0.25) is 4.99 Å². The number of nitrogens with zero attached hydrogens (tertiary/aromatic N) is 2. The van der Waals surface area contributed by atoms with Crippen LogP contribution in [0.3, 0.4) is 0 Å². The SMILES string of the molecule is C=CCOC(=O)C(Oc1nc(-c2cccs2)cc(-c2ccc(OC)cc2)c1C=NC)c1ccccc1. The van der Waals surface area contributed by atoms with Crippen molar-refractivity contribution >= 4 is 23.5 Å². The number of methoxy groups -OCH3 is 1. The van der Waals surface area contributed by atoms with E-state index in [1.54, 1.807) is 31.7 Å². The molecule has 4 rings (SSSR count). The van der Waals surface area contributed by atoms with E-state index in [0.29, 0.717) is 11.1 Å². The summed E-state index contributed by atoms with van der Waals surface area (Å²) in [6, 6.07) is 22.9. The van der Waals surface area contributed by atoms with E-state index in [1.165, 1.54) is 6.08 Å². The summed E-state index contributed by atoms with van der Waals surface area (Å²) in [5.74, 6) is 0.499. The van der Waals surface area contributed by atoms with E-state index in [4.69, 9.17) is 19.2 Å². The average molecular weight is 499 g/mol. The first-order valence-electron chi connectivity index (χ1n) is 11.3. The van der Waals surface area contributed by atoms with Gasteiger partial charge in [-0.2, -0.15) is 0 Å². The van der Waals surface area contributed by atoms with Crippen molar-refractivity contribution in [3.63, 3.8) is 0 Å². The molecule has 0 aliphatic carbocycles. The lowest BCUT2D eigenvalue weighted by Crippen LogP contribution is -2.22. The van der Waals surface area contributed by atoms with Crippen LogP contribution in [-0.4, -0.2) is 37.9 Å². The fourth-order valence-corrected chi connectivity index (χ4v) is 4.33. The number of carbonyl (C=O) groups is 1. The number of benzene rings is 2. The second kappa shape index (κ2) is 12.0. The standard InChI is InChI=1S/C29H26N2O4S/c1-4-16-34-29(32)27(21-9-6-5-7-10-21)35-28-24(19-30-2)23(20-12-14-22(33-3)15-13-20)18-25(31-28)26-11-8-17-36-26/h4-15,17-19,27H,1,16H2,2-3H3. The zero-order valence-electron chi connectivity index (χ0n) is 20.1. The summed E-state index contributed by atoms with van der Waals surface area (Å²) in [6.45, 7) is 3.71. The number of esters is 1. The van der Waals surface area contributed by atoms with E-state index >= 15 is 0 Å². The first-order chi connectivity index (χ1) is 17.6. The van der Waals surface area contributed by atoms with Crippen LogP contribution in [0.15, 0.2) is 95.8 Å². The maximum absolute atomic E-state index is 13.0. The molecule has 1 unspecified atom stereocenters. The summed E-state index contributed by atoms with van der Waals surface area (Å²) in [7, 11) is 3.31. The number of ether oxygens (including phenoxy) is 3. The normalized spacial score (nSPS) is 11.7. The minimum Gasteiger partial charge on any atom is -0.497 e. The Morgan fingerprint density at radius 1 is 1.11 bits per heavy atom. The predicted octanol–water partition coefficient (Wildman–Crippen LogP) is 6.38. The van der Waals surface area contributed by atoms with Crippen molar-refractivity contribution in [2.75, 3.05) is 20.8 Å². The van der Waals surface area contributed by atoms with E-state index in [0.717, 1.165) is 27.4 Å². The Balaban J connectivity index is 1.88. The third-order valence-electron chi connectivity index (χ3n) is 5.35. The number of rotatable bonds is 10. The Hall–Kier alpha value is -4.23. The second-order valence-electron chi connectivity index (χ2n) is 7.69. The van der Waals surface area contributed by atoms with Crippen molar-refractivity contribution in [1.82, 2.24) is 4.98 Å². The van der Waals surface area contributed by atoms with Crippen LogP contribution in [0.25, 0.3) is 21.7 Å². The van der Waals surface area contributed by atoms with Crippen LogP contribution in [0.4, 0.5) is 0 Å². The monoisotopic (exact) mass is 498 g/mol. The molecule has 1 atom stereocenters. The van der Waals surface area contributed by atoms with Crippen molar-refractivity contribution < 1.29 is 19.0 Å². The Bertz CT molecular complexity index is 1330. The number of thiophene rings is 1. The molecule has 6 nitrogen and oxygen atoms in total. The third kappa shape index (κ3) is 5.70. The summed E-state index contributed by atoms with van der Waals surface area (Å²) >= 11 is 1.57. The van der Waals surface area contributed by atoms with E-state index in [1.807, 2.05) is 78.2 Å². The summed E-state index contributed by atoms with van der Waals surface area (Å²) in [6.07, 6.45) is 2.19. The molecule has 0 spiro atoms. The van der Waals surface area contributed by atoms with Gasteiger partial charge >= 0.3 is 5.97 Å². The highest BCUT2D eigenvalue weighted by molar-refractivity contribution is 7.13. The van der Waals surface area contributed by atoms with E-state index in [9.17, 15) is 4.79 Å². The minimum atomic E-state index is -1.02. The summed E-state index contributed by atoms with van der Waals surface area (Å²) in [5, 5.41) is 1.99. The first kappa shape index (κ1) is 24.9. The Labute approximate surface area is 214 Å². The molecule has 0 aliphatic rings. The van der Waals surface area contributed by atoms with Crippen LogP contribution in [0.5, 0.6) is 11.6 Å². The van der Waals surface area contributed by atoms with Gasteiger partial charge in [0.1, 0.15) is 12.4 Å². The van der Waals surface area contributed by atoms with Gasteiger partial charge in [0, 0.05) is 18.8 Å². The molecule has 7 heteroatoms. The number of hydrogen-bond donors (Lipinski definition) is 0. The van der Waals surface area contributed by atoms with Crippen LogP contribution >= 0.6 is 11.3 Å². The van der Waals surface area contributed by atoms with E-state index in [-0.39, 0.29) is 12.5 Å². The molecule has 0 saturated carbocycles. The highest BCUT2D eigenvalue weighted by atomic mass is 32.1. The van der Waals surface area contributed by atoms with E-state index < -0.39 is 12.1 Å². The van der Waals surface area contributed by atoms with Crippen LogP contribution in [-0.2, 0) is 9.53 Å². The molecule has 36 heavy (non-hydrogen) atoms. The molecule has 0 fully saturated rings. The van der Waals surface area contributed by atoms with Crippen LogP contribution in [0.1, 0.15) is 17.2 Å². The fourth-order valence-electron chi connectivity index (χ4n) is 3.64. The van der Waals surface area contributed by atoms with Gasteiger partial charge in [-0.05, 0) is 40.8 Å².